The van der Waals surface area contributed by atoms with Crippen molar-refractivity contribution in [3.63, 3.8) is 0 Å². The second kappa shape index (κ2) is 15.7. The molecule has 0 fully saturated rings. The van der Waals surface area contributed by atoms with Crippen molar-refractivity contribution in [1.29, 1.82) is 0 Å². The van der Waals surface area contributed by atoms with Gasteiger partial charge in [-0.2, -0.15) is 0 Å². The maximum Gasteiger partial charge on any atom is 1.00 e. The monoisotopic (exact) mass is 141 g/mol. The summed E-state index contributed by atoms with van der Waals surface area (Å²) in [6, 6.07) is 0. The van der Waals surface area contributed by atoms with Gasteiger partial charge in [0.25, 0.3) is 0 Å². The zero-order valence-electron chi connectivity index (χ0n) is 5.52. The van der Waals surface area contributed by atoms with E-state index in [1.807, 2.05) is 0 Å². The van der Waals surface area contributed by atoms with Crippen LogP contribution in [0, 0.1) is 0 Å². The van der Waals surface area contributed by atoms with Gasteiger partial charge >= 0.3 is 29.6 Å². The van der Waals surface area contributed by atoms with Gasteiger partial charge in [-0.1, -0.05) is 0 Å². The van der Waals surface area contributed by atoms with E-state index in [1.165, 1.54) is 11.8 Å². The first kappa shape index (κ1) is 16.1. The van der Waals surface area contributed by atoms with Crippen LogP contribution in [0.25, 0.3) is 16.0 Å². The number of aliphatic hydroxyl groups is 2. The molecule has 0 heterocycles. The fourth-order valence-electron chi connectivity index (χ4n) is 0. The Morgan fingerprint density at radius 3 is 1.67 bits per heavy atom. The summed E-state index contributed by atoms with van der Waals surface area (Å²) >= 11 is 0. The van der Waals surface area contributed by atoms with E-state index in [0.29, 0.717) is 0 Å². The molecule has 5 nitrogen and oxygen atoms in total. The largest absolute Gasteiger partial charge is 1.00 e. The Balaban J connectivity index is -0.0000000800. The molecule has 1 unspecified atom stereocenters. The normalized spacial score (nSPS) is 9.22. The molecule has 0 aromatic heterocycles. The predicted molar refractivity (Wildman–Crippen MR) is 28.8 cm³/mol. The number of nitrogens with zero attached hydrogens (tertiary/aromatic N) is 3. The molecule has 0 aromatic carbocycles. The molecule has 0 aliphatic rings. The molecule has 0 amide bonds. The fourth-order valence-corrected chi connectivity index (χ4v) is 0. The summed E-state index contributed by atoms with van der Waals surface area (Å²) in [5.41, 5.74) is 13.5. The van der Waals surface area contributed by atoms with Crippen molar-refractivity contribution in [2.45, 2.75) is 13.0 Å². The summed E-state index contributed by atoms with van der Waals surface area (Å²) in [5.74, 6) is 0. The van der Waals surface area contributed by atoms with E-state index in [9.17, 15) is 0 Å². The van der Waals surface area contributed by atoms with Crippen molar-refractivity contribution in [2.75, 3.05) is 6.61 Å². The molecular weight excluding hydrogens is 133 g/mol. The van der Waals surface area contributed by atoms with Crippen molar-refractivity contribution < 1.29 is 39.8 Å². The van der Waals surface area contributed by atoms with Crippen LogP contribution in [-0.2, 0) is 0 Å². The summed E-state index contributed by atoms with van der Waals surface area (Å²) in [5, 5.41) is 16.0. The minimum atomic E-state index is -0.560. The first-order valence-electron chi connectivity index (χ1n) is 1.96. The molecule has 0 radical (unpaired) electrons. The molecule has 1 atom stereocenters. The number of hydrogen-bond acceptors (Lipinski definition) is 2. The van der Waals surface area contributed by atoms with Gasteiger partial charge in [-0.05, 0) is 6.92 Å². The molecule has 0 saturated carbocycles. The quantitative estimate of drug-likeness (QED) is 0.179. The van der Waals surface area contributed by atoms with Gasteiger partial charge in [0, 0.05) is 0 Å². The Labute approximate surface area is 75.4 Å². The van der Waals surface area contributed by atoms with Crippen LogP contribution in [0.3, 0.4) is 0 Å². The van der Waals surface area contributed by atoms with Crippen molar-refractivity contribution in [3.05, 3.63) is 16.0 Å². The summed E-state index contributed by atoms with van der Waals surface area (Å²) in [6.45, 7) is 1.39. The SMILES string of the molecule is CC(O)CO.[N-]=[N+]=[N-].[Na+]. The number of rotatable bonds is 1. The minimum Gasteiger partial charge on any atom is -0.394 e. The van der Waals surface area contributed by atoms with Gasteiger partial charge in [0.15, 0.2) is 0 Å². The predicted octanol–water partition coefficient (Wildman–Crippen LogP) is -2.77. The smallest absolute Gasteiger partial charge is 0.394 e. The van der Waals surface area contributed by atoms with Crippen molar-refractivity contribution in [2.24, 2.45) is 0 Å². The Morgan fingerprint density at radius 1 is 1.56 bits per heavy atom. The van der Waals surface area contributed by atoms with E-state index in [-0.39, 0.29) is 36.2 Å². The maximum absolute atomic E-state index is 8.11. The van der Waals surface area contributed by atoms with Gasteiger partial charge in [0.05, 0.1) is 12.7 Å². The molecule has 0 aromatic rings. The van der Waals surface area contributed by atoms with Crippen molar-refractivity contribution in [3.8, 4) is 0 Å². The third-order valence-corrected chi connectivity index (χ3v) is 0.264. The zero-order chi connectivity index (χ0) is 6.99. The third kappa shape index (κ3) is 64.2. The number of aliphatic hydroxyl groups excluding tert-OH is 2. The van der Waals surface area contributed by atoms with Crippen LogP contribution in [-0.4, -0.2) is 22.9 Å². The summed E-state index contributed by atoms with van der Waals surface area (Å²) in [4.78, 5) is 1.50. The molecule has 9 heavy (non-hydrogen) atoms. The molecule has 48 valence electrons. The summed E-state index contributed by atoms with van der Waals surface area (Å²) in [6.07, 6.45) is -0.560. The third-order valence-electron chi connectivity index (χ3n) is 0.264. The fraction of sp³-hybridized carbons (Fsp3) is 1.00. The average Bonchev–Trinajstić information content (AvgIpc) is 1.69. The Morgan fingerprint density at radius 2 is 1.67 bits per heavy atom. The Kier molecular flexibility index (Phi) is 28.1. The average molecular weight is 141 g/mol. The van der Waals surface area contributed by atoms with E-state index in [4.69, 9.17) is 21.3 Å². The molecule has 0 spiro atoms. The zero-order valence-corrected chi connectivity index (χ0v) is 7.52. The topological polar surface area (TPSA) is 99.2 Å². The van der Waals surface area contributed by atoms with Crippen LogP contribution >= 0.6 is 0 Å². The molecule has 0 aliphatic heterocycles. The van der Waals surface area contributed by atoms with Crippen LogP contribution in [0.2, 0.25) is 0 Å². The molecule has 0 aliphatic carbocycles. The molecule has 0 rings (SSSR count). The van der Waals surface area contributed by atoms with Crippen molar-refractivity contribution >= 4 is 0 Å². The van der Waals surface area contributed by atoms with E-state index in [0.717, 1.165) is 0 Å². The first-order chi connectivity index (χ1) is 3.68. The van der Waals surface area contributed by atoms with Crippen LogP contribution in [0.4, 0.5) is 0 Å². The molecule has 0 saturated heterocycles. The first-order valence-corrected chi connectivity index (χ1v) is 1.96. The summed E-state index contributed by atoms with van der Waals surface area (Å²) in [7, 11) is 0. The second-order valence-corrected chi connectivity index (χ2v) is 1.12. The molecule has 6 heteroatoms. The second-order valence-electron chi connectivity index (χ2n) is 1.12. The minimum absolute atomic E-state index is 0. The van der Waals surface area contributed by atoms with E-state index in [2.05, 4.69) is 0 Å². The van der Waals surface area contributed by atoms with Crippen molar-refractivity contribution in [1.82, 2.24) is 0 Å². The van der Waals surface area contributed by atoms with Crippen LogP contribution in [0.5, 0.6) is 0 Å². The maximum atomic E-state index is 8.11. The molecule has 0 bridgehead atoms. The van der Waals surface area contributed by atoms with Gasteiger partial charge < -0.3 is 21.3 Å². The van der Waals surface area contributed by atoms with Gasteiger partial charge in [0.2, 0.25) is 0 Å². The van der Waals surface area contributed by atoms with Gasteiger partial charge in [-0.15, -0.1) is 0 Å². The molecule has 2 N–H and O–H groups in total. The van der Waals surface area contributed by atoms with Gasteiger partial charge in [-0.3, -0.25) is 4.91 Å². The van der Waals surface area contributed by atoms with Gasteiger partial charge in [-0.25, -0.2) is 0 Å². The van der Waals surface area contributed by atoms with Crippen LogP contribution in [0.1, 0.15) is 6.92 Å². The Hall–Kier alpha value is 0.230. The van der Waals surface area contributed by atoms with E-state index < -0.39 is 6.10 Å². The van der Waals surface area contributed by atoms with E-state index >= 15 is 0 Å². The molecular formula is C3H8N3NaO2. The number of hydrogen-bond donors (Lipinski definition) is 2. The van der Waals surface area contributed by atoms with Crippen LogP contribution < -0.4 is 29.6 Å². The summed E-state index contributed by atoms with van der Waals surface area (Å²) < 4.78 is 0. The standard InChI is InChI=1S/C3H8O2.N3.Na/c1-3(5)2-4;1-3-2;/h3-5H,2H2,1H3;;/q;-1;+1. The van der Waals surface area contributed by atoms with Gasteiger partial charge in [0.1, 0.15) is 0 Å². The Bertz CT molecular complexity index is 71.5. The van der Waals surface area contributed by atoms with Crippen LogP contribution in [0.15, 0.2) is 0 Å². The van der Waals surface area contributed by atoms with E-state index in [1.54, 1.807) is 0 Å².